The molecule has 5 N–H and O–H groups in total. The standard InChI is InChI=1S/C23H23F5N4O/c1-10(24)22(28)16-6-13(25)3-12(8-29)14(16)4-11-5-17(26)21(19(9-30)32(2)31)20-15(11)7-18(27)23(20)33/h3,5-6,9-10,18,22-23,33H,4,7,30-31H2,1-2H3/b19-9-. The summed E-state index contributed by atoms with van der Waals surface area (Å²) in [4.78, 5) is 0. The topological polar surface area (TPSA) is 99.3 Å². The number of aliphatic hydroxyl groups is 1. The number of fused-ring (bicyclic) bond motifs is 1. The summed E-state index contributed by atoms with van der Waals surface area (Å²) in [5.41, 5.74) is 5.00. The number of hydrogen-bond acceptors (Lipinski definition) is 5. The van der Waals surface area contributed by atoms with Gasteiger partial charge in [0, 0.05) is 25.2 Å². The lowest BCUT2D eigenvalue weighted by atomic mass is 9.87. The van der Waals surface area contributed by atoms with Gasteiger partial charge in [0.1, 0.15) is 30.1 Å². The molecule has 3 rings (SSSR count). The average molecular weight is 466 g/mol. The quantitative estimate of drug-likeness (QED) is 0.342. The maximum Gasteiger partial charge on any atom is 0.156 e. The predicted molar refractivity (Wildman–Crippen MR) is 112 cm³/mol. The first-order chi connectivity index (χ1) is 15.5. The number of benzene rings is 2. The van der Waals surface area contributed by atoms with Gasteiger partial charge in [0.05, 0.1) is 17.3 Å². The SMILES string of the molecule is CC(F)C(F)c1cc(F)cc(C#N)c1Cc1cc(F)c(/C(=C/N)N(C)N)c2c1CC(F)C2O. The molecule has 2 aromatic carbocycles. The Balaban J connectivity index is 2.26. The highest BCUT2D eigenvalue weighted by atomic mass is 19.2. The number of hydrogen-bond donors (Lipinski definition) is 3. The number of nitrogens with two attached hydrogens (primary N) is 2. The molecule has 4 atom stereocenters. The molecule has 1 aliphatic rings. The number of alkyl halides is 3. The van der Waals surface area contributed by atoms with Crippen LogP contribution in [0.2, 0.25) is 0 Å². The van der Waals surface area contributed by atoms with Crippen LogP contribution in [0.15, 0.2) is 24.4 Å². The minimum absolute atomic E-state index is 0.00119. The van der Waals surface area contributed by atoms with Gasteiger partial charge in [0.15, 0.2) is 6.17 Å². The lowest BCUT2D eigenvalue weighted by molar-refractivity contribution is 0.0921. The minimum Gasteiger partial charge on any atom is -0.403 e. The monoisotopic (exact) mass is 466 g/mol. The smallest absolute Gasteiger partial charge is 0.156 e. The summed E-state index contributed by atoms with van der Waals surface area (Å²) in [5, 5.41) is 20.9. The van der Waals surface area contributed by atoms with Gasteiger partial charge >= 0.3 is 0 Å². The van der Waals surface area contributed by atoms with Crippen LogP contribution in [0.25, 0.3) is 5.70 Å². The molecule has 0 heterocycles. The van der Waals surface area contributed by atoms with Crippen molar-refractivity contribution in [3.05, 3.63) is 75.0 Å². The zero-order chi connectivity index (χ0) is 24.6. The molecule has 0 spiro atoms. The van der Waals surface area contributed by atoms with E-state index in [1.165, 1.54) is 7.05 Å². The van der Waals surface area contributed by atoms with Gasteiger partial charge in [-0.2, -0.15) is 5.26 Å². The third-order valence-electron chi connectivity index (χ3n) is 5.79. The van der Waals surface area contributed by atoms with Crippen molar-refractivity contribution in [3.63, 3.8) is 0 Å². The minimum atomic E-state index is -2.24. The van der Waals surface area contributed by atoms with E-state index < -0.39 is 36.3 Å². The van der Waals surface area contributed by atoms with Crippen LogP contribution in [-0.4, -0.2) is 29.5 Å². The maximum atomic E-state index is 15.3. The van der Waals surface area contributed by atoms with Gasteiger partial charge in [-0.1, -0.05) is 0 Å². The van der Waals surface area contributed by atoms with Crippen molar-refractivity contribution >= 4 is 5.70 Å². The van der Waals surface area contributed by atoms with Gasteiger partial charge in [0.2, 0.25) is 0 Å². The van der Waals surface area contributed by atoms with Crippen molar-refractivity contribution in [2.24, 2.45) is 11.6 Å². The van der Waals surface area contributed by atoms with Crippen molar-refractivity contribution in [3.8, 4) is 6.07 Å². The van der Waals surface area contributed by atoms with E-state index in [1.807, 2.05) is 0 Å². The summed E-state index contributed by atoms with van der Waals surface area (Å²) in [6.45, 7) is 0.950. The maximum absolute atomic E-state index is 15.3. The predicted octanol–water partition coefficient (Wildman–Crippen LogP) is 3.79. The molecule has 0 fully saturated rings. The summed E-state index contributed by atoms with van der Waals surface area (Å²) in [7, 11) is 1.39. The highest BCUT2D eigenvalue weighted by Crippen LogP contribution is 2.43. The van der Waals surface area contributed by atoms with E-state index in [1.54, 1.807) is 6.07 Å². The molecule has 0 aromatic heterocycles. The van der Waals surface area contributed by atoms with E-state index in [0.717, 1.165) is 36.3 Å². The molecule has 0 saturated heterocycles. The van der Waals surface area contributed by atoms with Crippen LogP contribution in [0.5, 0.6) is 0 Å². The molecule has 5 nitrogen and oxygen atoms in total. The van der Waals surface area contributed by atoms with E-state index in [-0.39, 0.29) is 57.5 Å². The number of nitrogens with zero attached hydrogens (tertiary/aromatic N) is 2. The van der Waals surface area contributed by atoms with Crippen LogP contribution < -0.4 is 11.6 Å². The second-order valence-electron chi connectivity index (χ2n) is 8.00. The molecular weight excluding hydrogens is 443 g/mol. The summed E-state index contributed by atoms with van der Waals surface area (Å²) >= 11 is 0. The van der Waals surface area contributed by atoms with E-state index >= 15 is 4.39 Å². The Labute approximate surface area is 187 Å². The van der Waals surface area contributed by atoms with Gasteiger partial charge in [-0.3, -0.25) is 0 Å². The third-order valence-corrected chi connectivity index (χ3v) is 5.79. The summed E-state index contributed by atoms with van der Waals surface area (Å²) in [6.07, 6.45) is -7.27. The molecule has 0 aliphatic heterocycles. The molecule has 1 aliphatic carbocycles. The van der Waals surface area contributed by atoms with Crippen LogP contribution >= 0.6 is 0 Å². The van der Waals surface area contributed by atoms with Crippen molar-refractivity contribution in [2.45, 2.75) is 44.4 Å². The molecule has 4 unspecified atom stereocenters. The highest BCUT2D eigenvalue weighted by Gasteiger charge is 2.38. The van der Waals surface area contributed by atoms with Crippen LogP contribution in [0, 0.1) is 23.0 Å². The van der Waals surface area contributed by atoms with E-state index in [0.29, 0.717) is 0 Å². The molecule has 10 heteroatoms. The molecule has 176 valence electrons. The Kier molecular flexibility index (Phi) is 6.95. The van der Waals surface area contributed by atoms with Gasteiger partial charge < -0.3 is 15.8 Å². The normalized spacial score (nSPS) is 19.7. The van der Waals surface area contributed by atoms with Gasteiger partial charge in [0.25, 0.3) is 0 Å². The Morgan fingerprint density at radius 3 is 2.55 bits per heavy atom. The zero-order valence-corrected chi connectivity index (χ0v) is 17.9. The molecule has 33 heavy (non-hydrogen) atoms. The first kappa shape index (κ1) is 24.5. The summed E-state index contributed by atoms with van der Waals surface area (Å²) in [6, 6.07) is 4.45. The fraction of sp³-hybridized carbons (Fsp3) is 0.348. The molecular formula is C23H23F5N4O. The molecule has 0 amide bonds. The first-order valence-corrected chi connectivity index (χ1v) is 10.1. The number of rotatable bonds is 6. The van der Waals surface area contributed by atoms with Gasteiger partial charge in [-0.25, -0.2) is 27.8 Å². The second kappa shape index (κ2) is 9.37. The van der Waals surface area contributed by atoms with E-state index in [9.17, 15) is 27.9 Å². The summed E-state index contributed by atoms with van der Waals surface area (Å²) in [5.74, 6) is 3.90. The number of hydrazine groups is 1. The van der Waals surface area contributed by atoms with Crippen molar-refractivity contribution < 1.29 is 27.1 Å². The Morgan fingerprint density at radius 1 is 1.33 bits per heavy atom. The number of aliphatic hydroxyl groups excluding tert-OH is 1. The Bertz CT molecular complexity index is 1140. The first-order valence-electron chi connectivity index (χ1n) is 10.1. The fourth-order valence-corrected chi connectivity index (χ4v) is 4.25. The Morgan fingerprint density at radius 2 is 2.00 bits per heavy atom. The zero-order valence-electron chi connectivity index (χ0n) is 17.9. The van der Waals surface area contributed by atoms with Gasteiger partial charge in [-0.05, 0) is 59.4 Å². The van der Waals surface area contributed by atoms with Crippen molar-refractivity contribution in [2.75, 3.05) is 7.05 Å². The summed E-state index contributed by atoms with van der Waals surface area (Å²) < 4.78 is 72.2. The van der Waals surface area contributed by atoms with Crippen LogP contribution in [-0.2, 0) is 12.8 Å². The molecule has 0 bridgehead atoms. The highest BCUT2D eigenvalue weighted by molar-refractivity contribution is 5.70. The largest absolute Gasteiger partial charge is 0.403 e. The molecule has 0 radical (unpaired) electrons. The number of nitriles is 1. The Hall–Kier alpha value is -3.16. The average Bonchev–Trinajstić information content (AvgIpc) is 3.05. The van der Waals surface area contributed by atoms with Crippen molar-refractivity contribution in [1.29, 1.82) is 5.26 Å². The lowest BCUT2D eigenvalue weighted by Gasteiger charge is -2.23. The molecule has 2 aromatic rings. The van der Waals surface area contributed by atoms with E-state index in [2.05, 4.69) is 0 Å². The van der Waals surface area contributed by atoms with Gasteiger partial charge in [-0.15, -0.1) is 0 Å². The van der Waals surface area contributed by atoms with Crippen LogP contribution in [0.1, 0.15) is 58.1 Å². The van der Waals surface area contributed by atoms with Crippen LogP contribution in [0.4, 0.5) is 22.0 Å². The molecule has 0 saturated carbocycles. The van der Waals surface area contributed by atoms with Crippen LogP contribution in [0.3, 0.4) is 0 Å². The van der Waals surface area contributed by atoms with E-state index in [4.69, 9.17) is 11.6 Å². The van der Waals surface area contributed by atoms with Crippen molar-refractivity contribution in [1.82, 2.24) is 5.01 Å². The number of halogens is 5. The lowest BCUT2D eigenvalue weighted by Crippen LogP contribution is -2.27. The fourth-order valence-electron chi connectivity index (χ4n) is 4.25. The third kappa shape index (κ3) is 4.38. The second-order valence-corrected chi connectivity index (χ2v) is 8.00.